The quantitative estimate of drug-likeness (QED) is 0.897. The lowest BCUT2D eigenvalue weighted by Gasteiger charge is -2.19. The summed E-state index contributed by atoms with van der Waals surface area (Å²) in [6.07, 6.45) is 1.47. The summed E-state index contributed by atoms with van der Waals surface area (Å²) in [5, 5.41) is 3.49. The molecule has 5 heteroatoms. The van der Waals surface area contributed by atoms with E-state index in [0.717, 1.165) is 0 Å². The third kappa shape index (κ3) is 2.44. The van der Waals surface area contributed by atoms with Crippen molar-refractivity contribution in [2.45, 2.75) is 6.04 Å². The molecule has 0 bridgehead atoms. The molecule has 94 valence electrons. The van der Waals surface area contributed by atoms with Gasteiger partial charge in [-0.15, -0.1) is 0 Å². The highest BCUT2D eigenvalue weighted by atomic mass is 35.5. The van der Waals surface area contributed by atoms with Crippen LogP contribution in [0.1, 0.15) is 17.2 Å². The lowest BCUT2D eigenvalue weighted by Crippen LogP contribution is -2.20. The van der Waals surface area contributed by atoms with Crippen molar-refractivity contribution in [3.63, 3.8) is 0 Å². The molecule has 0 aliphatic heterocycles. The molecule has 0 fully saturated rings. The van der Waals surface area contributed by atoms with E-state index in [0.29, 0.717) is 22.0 Å². The van der Waals surface area contributed by atoms with Crippen molar-refractivity contribution in [2.24, 2.45) is 0 Å². The predicted molar refractivity (Wildman–Crippen MR) is 71.0 cm³/mol. The maximum atomic E-state index is 13.8. The maximum absolute atomic E-state index is 13.8. The van der Waals surface area contributed by atoms with E-state index in [4.69, 9.17) is 17.3 Å². The van der Waals surface area contributed by atoms with Crippen LogP contribution in [0.2, 0.25) is 5.02 Å². The largest absolute Gasteiger partial charge is 0.383 e. The monoisotopic (exact) mass is 265 g/mol. The topological polar surface area (TPSA) is 50.9 Å². The van der Waals surface area contributed by atoms with Crippen LogP contribution in [0.5, 0.6) is 0 Å². The van der Waals surface area contributed by atoms with Crippen LogP contribution in [0.15, 0.2) is 36.5 Å². The Bertz CT molecular complexity index is 560. The molecule has 3 N–H and O–H groups in total. The van der Waals surface area contributed by atoms with E-state index in [1.165, 1.54) is 12.3 Å². The van der Waals surface area contributed by atoms with Gasteiger partial charge >= 0.3 is 0 Å². The van der Waals surface area contributed by atoms with Crippen molar-refractivity contribution in [1.29, 1.82) is 0 Å². The van der Waals surface area contributed by atoms with E-state index in [2.05, 4.69) is 10.3 Å². The first-order valence-electron chi connectivity index (χ1n) is 5.46. The van der Waals surface area contributed by atoms with Crippen LogP contribution >= 0.6 is 11.6 Å². The molecule has 1 aromatic carbocycles. The fraction of sp³-hybridized carbons (Fsp3) is 0.154. The molecule has 2 rings (SSSR count). The smallest absolute Gasteiger partial charge is 0.128 e. The molecular formula is C13H13ClFN3. The van der Waals surface area contributed by atoms with Gasteiger partial charge in [-0.3, -0.25) is 0 Å². The normalized spacial score (nSPS) is 12.4. The molecule has 1 unspecified atom stereocenters. The third-order valence-electron chi connectivity index (χ3n) is 2.73. The van der Waals surface area contributed by atoms with E-state index in [1.807, 2.05) is 0 Å². The highest BCUT2D eigenvalue weighted by Gasteiger charge is 2.19. The summed E-state index contributed by atoms with van der Waals surface area (Å²) in [6.45, 7) is 0. The highest BCUT2D eigenvalue weighted by Crippen LogP contribution is 2.28. The van der Waals surface area contributed by atoms with Crippen molar-refractivity contribution < 1.29 is 4.39 Å². The molecule has 0 spiro atoms. The van der Waals surface area contributed by atoms with Gasteiger partial charge < -0.3 is 11.1 Å². The molecule has 18 heavy (non-hydrogen) atoms. The van der Waals surface area contributed by atoms with Gasteiger partial charge in [0.2, 0.25) is 0 Å². The standard InChI is InChI=1S/C13H13ClFN3/c1-17-12(9-4-2-3-5-11(9)15)10-6-8(14)7-18-13(10)16/h2-7,12,17H,1H3,(H2,16,18). The number of aromatic nitrogens is 1. The van der Waals surface area contributed by atoms with Crippen LogP contribution < -0.4 is 11.1 Å². The number of rotatable bonds is 3. The fourth-order valence-corrected chi connectivity index (χ4v) is 2.05. The summed E-state index contributed by atoms with van der Waals surface area (Å²) in [7, 11) is 1.73. The maximum Gasteiger partial charge on any atom is 0.128 e. The number of pyridine rings is 1. The van der Waals surface area contributed by atoms with Gasteiger partial charge in [0.1, 0.15) is 11.6 Å². The highest BCUT2D eigenvalue weighted by molar-refractivity contribution is 6.30. The number of halogens is 2. The molecule has 1 aromatic heterocycles. The van der Waals surface area contributed by atoms with Gasteiger partial charge in [-0.25, -0.2) is 9.37 Å². The predicted octanol–water partition coefficient (Wildman–Crippen LogP) is 2.77. The second-order valence-corrected chi connectivity index (χ2v) is 4.31. The average molecular weight is 266 g/mol. The van der Waals surface area contributed by atoms with Gasteiger partial charge in [-0.05, 0) is 19.2 Å². The molecule has 3 nitrogen and oxygen atoms in total. The Morgan fingerprint density at radius 1 is 1.33 bits per heavy atom. The zero-order valence-electron chi connectivity index (χ0n) is 9.82. The van der Waals surface area contributed by atoms with Crippen molar-refractivity contribution in [3.05, 3.63) is 58.5 Å². The molecule has 0 aliphatic carbocycles. The Balaban J connectivity index is 2.52. The Hall–Kier alpha value is -1.65. The van der Waals surface area contributed by atoms with Gasteiger partial charge in [0.05, 0.1) is 11.1 Å². The van der Waals surface area contributed by atoms with Crippen LogP contribution in [-0.2, 0) is 0 Å². The SMILES string of the molecule is CNC(c1ccccc1F)c1cc(Cl)cnc1N. The number of nitrogens with two attached hydrogens (primary N) is 1. The van der Waals surface area contributed by atoms with Crippen LogP contribution in [0.3, 0.4) is 0 Å². The average Bonchev–Trinajstić information content (AvgIpc) is 2.36. The van der Waals surface area contributed by atoms with Gasteiger partial charge in [-0.1, -0.05) is 29.8 Å². The molecule has 1 heterocycles. The molecule has 0 saturated heterocycles. The minimum Gasteiger partial charge on any atom is -0.383 e. The van der Waals surface area contributed by atoms with E-state index in [1.54, 1.807) is 31.3 Å². The number of benzene rings is 1. The van der Waals surface area contributed by atoms with Crippen molar-refractivity contribution in [1.82, 2.24) is 10.3 Å². The second-order valence-electron chi connectivity index (χ2n) is 3.87. The lowest BCUT2D eigenvalue weighted by atomic mass is 9.99. The Kier molecular flexibility index (Phi) is 3.79. The summed E-state index contributed by atoms with van der Waals surface area (Å²) in [6, 6.07) is 7.85. The van der Waals surface area contributed by atoms with E-state index >= 15 is 0 Å². The number of anilines is 1. The minimum atomic E-state index is -0.377. The molecule has 0 aliphatic rings. The number of nitrogens with one attached hydrogen (secondary N) is 1. The number of hydrogen-bond acceptors (Lipinski definition) is 3. The first-order valence-corrected chi connectivity index (χ1v) is 5.84. The molecule has 0 amide bonds. The molecule has 0 radical (unpaired) electrons. The number of nitrogens with zero attached hydrogens (tertiary/aromatic N) is 1. The summed E-state index contributed by atoms with van der Waals surface area (Å²) in [5.41, 5.74) is 6.99. The van der Waals surface area contributed by atoms with Crippen LogP contribution in [-0.4, -0.2) is 12.0 Å². The zero-order chi connectivity index (χ0) is 13.1. The van der Waals surface area contributed by atoms with Gasteiger partial charge in [-0.2, -0.15) is 0 Å². The van der Waals surface area contributed by atoms with Crippen LogP contribution in [0, 0.1) is 5.82 Å². The molecule has 2 aromatic rings. The van der Waals surface area contributed by atoms with E-state index in [-0.39, 0.29) is 11.9 Å². The van der Waals surface area contributed by atoms with Crippen molar-refractivity contribution in [2.75, 3.05) is 12.8 Å². The first kappa shape index (κ1) is 12.8. The third-order valence-corrected chi connectivity index (χ3v) is 2.94. The van der Waals surface area contributed by atoms with Gasteiger partial charge in [0.25, 0.3) is 0 Å². The lowest BCUT2D eigenvalue weighted by molar-refractivity contribution is 0.576. The molecular weight excluding hydrogens is 253 g/mol. The van der Waals surface area contributed by atoms with Gasteiger partial charge in [0.15, 0.2) is 0 Å². The zero-order valence-corrected chi connectivity index (χ0v) is 10.6. The van der Waals surface area contributed by atoms with Crippen LogP contribution in [0.25, 0.3) is 0 Å². The van der Waals surface area contributed by atoms with E-state index in [9.17, 15) is 4.39 Å². The molecule has 0 saturated carbocycles. The fourth-order valence-electron chi connectivity index (χ4n) is 1.88. The number of nitrogen functional groups attached to an aromatic ring is 1. The Labute approximate surface area is 110 Å². The van der Waals surface area contributed by atoms with Gasteiger partial charge in [0, 0.05) is 17.3 Å². The summed E-state index contributed by atoms with van der Waals surface area (Å²) in [5.74, 6) is 0.0400. The number of hydrogen-bond donors (Lipinski definition) is 2. The second kappa shape index (κ2) is 5.33. The summed E-state index contributed by atoms with van der Waals surface area (Å²) < 4.78 is 13.8. The summed E-state index contributed by atoms with van der Waals surface area (Å²) in [4.78, 5) is 3.99. The van der Waals surface area contributed by atoms with Crippen molar-refractivity contribution >= 4 is 17.4 Å². The molecule has 1 atom stereocenters. The first-order chi connectivity index (χ1) is 8.63. The van der Waals surface area contributed by atoms with Crippen LogP contribution in [0.4, 0.5) is 10.2 Å². The Morgan fingerprint density at radius 2 is 2.06 bits per heavy atom. The summed E-state index contributed by atoms with van der Waals surface area (Å²) >= 11 is 5.91. The Morgan fingerprint density at radius 3 is 2.72 bits per heavy atom. The van der Waals surface area contributed by atoms with Crippen molar-refractivity contribution in [3.8, 4) is 0 Å². The minimum absolute atomic E-state index is 0.295. The van der Waals surface area contributed by atoms with E-state index < -0.39 is 0 Å².